The first-order valence-corrected chi connectivity index (χ1v) is 8.63. The highest BCUT2D eigenvalue weighted by Gasteiger charge is 2.12. The van der Waals surface area contributed by atoms with Gasteiger partial charge >= 0.3 is 0 Å². The normalized spacial score (nSPS) is 10.8. The maximum atomic E-state index is 5.96. The molecule has 0 radical (unpaired) electrons. The van der Waals surface area contributed by atoms with Gasteiger partial charge in [-0.15, -0.1) is 0 Å². The van der Waals surface area contributed by atoms with E-state index < -0.39 is 0 Å². The fourth-order valence-corrected chi connectivity index (χ4v) is 2.93. The molecule has 4 aromatic rings. The van der Waals surface area contributed by atoms with Crippen LogP contribution in [0.2, 0.25) is 5.02 Å². The highest BCUT2D eigenvalue weighted by atomic mass is 35.5. The van der Waals surface area contributed by atoms with Crippen molar-refractivity contribution in [2.45, 2.75) is 13.5 Å². The van der Waals surface area contributed by atoms with Gasteiger partial charge in [-0.1, -0.05) is 23.7 Å². The summed E-state index contributed by atoms with van der Waals surface area (Å²) in [6.07, 6.45) is 3.67. The van der Waals surface area contributed by atoms with E-state index in [4.69, 9.17) is 16.0 Å². The molecule has 0 amide bonds. The van der Waals surface area contributed by atoms with Crippen LogP contribution in [0, 0.1) is 6.92 Å². The Hall–Kier alpha value is -3.05. The lowest BCUT2D eigenvalue weighted by Crippen LogP contribution is -2.05. The van der Waals surface area contributed by atoms with Gasteiger partial charge in [-0.05, 0) is 49.4 Å². The summed E-state index contributed by atoms with van der Waals surface area (Å²) >= 11 is 5.96. The second-order valence-corrected chi connectivity index (χ2v) is 6.29. The van der Waals surface area contributed by atoms with Gasteiger partial charge in [0.05, 0.1) is 23.6 Å². The molecule has 0 saturated carbocycles. The lowest BCUT2D eigenvalue weighted by atomic mass is 10.1. The van der Waals surface area contributed by atoms with E-state index in [1.54, 1.807) is 6.20 Å². The Morgan fingerprint density at radius 3 is 2.65 bits per heavy atom. The number of hydrogen-bond donors (Lipinski definition) is 1. The highest BCUT2D eigenvalue weighted by Crippen LogP contribution is 2.26. The third kappa shape index (κ3) is 3.34. The van der Waals surface area contributed by atoms with Crippen molar-refractivity contribution in [3.63, 3.8) is 0 Å². The molecule has 0 fully saturated rings. The molecular weight excluding hydrogens is 348 g/mol. The molecule has 6 heteroatoms. The molecule has 0 unspecified atom stereocenters. The summed E-state index contributed by atoms with van der Waals surface area (Å²) in [6.45, 7) is 2.42. The van der Waals surface area contributed by atoms with Gasteiger partial charge in [0.2, 0.25) is 5.89 Å². The van der Waals surface area contributed by atoms with E-state index in [2.05, 4.69) is 15.4 Å². The number of anilines is 1. The fourth-order valence-electron chi connectivity index (χ4n) is 2.80. The maximum Gasteiger partial charge on any atom is 0.214 e. The molecule has 0 spiro atoms. The molecule has 5 nitrogen and oxygen atoms in total. The van der Waals surface area contributed by atoms with Crippen molar-refractivity contribution in [3.05, 3.63) is 83.6 Å². The van der Waals surface area contributed by atoms with Crippen molar-refractivity contribution in [1.29, 1.82) is 0 Å². The van der Waals surface area contributed by atoms with Gasteiger partial charge in [-0.25, -0.2) is 9.67 Å². The zero-order valence-electron chi connectivity index (χ0n) is 14.2. The van der Waals surface area contributed by atoms with Crippen LogP contribution in [0.15, 0.2) is 71.4 Å². The minimum absolute atomic E-state index is 0.479. The SMILES string of the molecule is Cc1nc(CNc2ccccc2-n2cccn2)oc1-c1ccc(Cl)cc1. The first kappa shape index (κ1) is 16.4. The monoisotopic (exact) mass is 364 g/mol. The van der Waals surface area contributed by atoms with Gasteiger partial charge in [0.15, 0.2) is 5.76 Å². The molecule has 0 bridgehead atoms. The molecule has 0 aliphatic heterocycles. The predicted octanol–water partition coefficient (Wildman–Crippen LogP) is 5.10. The van der Waals surface area contributed by atoms with Crippen molar-refractivity contribution in [2.75, 3.05) is 5.32 Å². The summed E-state index contributed by atoms with van der Waals surface area (Å²) in [4.78, 5) is 4.53. The summed E-state index contributed by atoms with van der Waals surface area (Å²) in [5.41, 5.74) is 3.74. The van der Waals surface area contributed by atoms with Crippen molar-refractivity contribution in [3.8, 4) is 17.0 Å². The maximum absolute atomic E-state index is 5.96. The Labute approximate surface area is 156 Å². The van der Waals surface area contributed by atoms with E-state index in [1.165, 1.54) is 0 Å². The first-order chi connectivity index (χ1) is 12.7. The second kappa shape index (κ2) is 7.06. The minimum atomic E-state index is 0.479. The third-order valence-corrected chi connectivity index (χ3v) is 4.28. The molecule has 2 aromatic carbocycles. The summed E-state index contributed by atoms with van der Waals surface area (Å²) in [7, 11) is 0. The Kier molecular flexibility index (Phi) is 4.46. The number of nitrogens with one attached hydrogen (secondary N) is 1. The largest absolute Gasteiger partial charge is 0.438 e. The third-order valence-electron chi connectivity index (χ3n) is 4.03. The molecule has 1 N–H and O–H groups in total. The van der Waals surface area contributed by atoms with E-state index in [1.807, 2.05) is 72.4 Å². The lowest BCUT2D eigenvalue weighted by Gasteiger charge is -2.10. The standard InChI is InChI=1S/C20H17ClN4O/c1-14-20(15-7-9-16(21)10-8-15)26-19(24-14)13-22-17-5-2-3-6-18(17)25-12-4-11-23-25/h2-12,22H,13H2,1H3. The van der Waals surface area contributed by atoms with Crippen LogP contribution in [0.1, 0.15) is 11.6 Å². The van der Waals surface area contributed by atoms with Crippen molar-refractivity contribution >= 4 is 17.3 Å². The van der Waals surface area contributed by atoms with Crippen LogP contribution in [-0.2, 0) is 6.54 Å². The number of benzene rings is 2. The summed E-state index contributed by atoms with van der Waals surface area (Å²) < 4.78 is 7.78. The van der Waals surface area contributed by atoms with Crippen LogP contribution in [0.25, 0.3) is 17.0 Å². The molecule has 4 rings (SSSR count). The summed E-state index contributed by atoms with van der Waals surface area (Å²) in [6, 6.07) is 17.4. The van der Waals surface area contributed by atoms with Gasteiger partial charge in [0, 0.05) is 23.0 Å². The number of hydrogen-bond acceptors (Lipinski definition) is 4. The summed E-state index contributed by atoms with van der Waals surface area (Å²) in [5.74, 6) is 1.39. The van der Waals surface area contributed by atoms with Gasteiger partial charge in [0.25, 0.3) is 0 Å². The number of nitrogens with zero attached hydrogens (tertiary/aromatic N) is 3. The quantitative estimate of drug-likeness (QED) is 0.535. The number of rotatable bonds is 5. The van der Waals surface area contributed by atoms with Crippen LogP contribution < -0.4 is 5.32 Å². The Morgan fingerprint density at radius 2 is 1.88 bits per heavy atom. The number of aromatic nitrogens is 3. The lowest BCUT2D eigenvalue weighted by molar-refractivity contribution is 0.516. The number of halogens is 1. The molecule has 130 valence electrons. The van der Waals surface area contributed by atoms with E-state index in [9.17, 15) is 0 Å². The zero-order chi connectivity index (χ0) is 17.9. The average molecular weight is 365 g/mol. The molecule has 0 atom stereocenters. The van der Waals surface area contributed by atoms with Crippen molar-refractivity contribution in [1.82, 2.24) is 14.8 Å². The van der Waals surface area contributed by atoms with Crippen molar-refractivity contribution in [2.24, 2.45) is 0 Å². The molecule has 0 aliphatic rings. The summed E-state index contributed by atoms with van der Waals surface area (Å²) in [5, 5.41) is 8.37. The van der Waals surface area contributed by atoms with E-state index in [0.29, 0.717) is 17.5 Å². The average Bonchev–Trinajstić information content (AvgIpc) is 3.31. The zero-order valence-corrected chi connectivity index (χ0v) is 14.9. The highest BCUT2D eigenvalue weighted by molar-refractivity contribution is 6.30. The van der Waals surface area contributed by atoms with E-state index >= 15 is 0 Å². The predicted molar refractivity (Wildman–Crippen MR) is 103 cm³/mol. The number of oxazole rings is 1. The molecule has 2 heterocycles. The number of aryl methyl sites for hydroxylation is 1. The molecule has 0 saturated heterocycles. The van der Waals surface area contributed by atoms with Crippen LogP contribution in [-0.4, -0.2) is 14.8 Å². The topological polar surface area (TPSA) is 55.9 Å². The van der Waals surface area contributed by atoms with Crippen LogP contribution in [0.3, 0.4) is 0 Å². The molecular formula is C20H17ClN4O. The fraction of sp³-hybridized carbons (Fsp3) is 0.100. The Balaban J connectivity index is 1.55. The Morgan fingerprint density at radius 1 is 1.08 bits per heavy atom. The first-order valence-electron chi connectivity index (χ1n) is 8.26. The van der Waals surface area contributed by atoms with Crippen molar-refractivity contribution < 1.29 is 4.42 Å². The van der Waals surface area contributed by atoms with Crippen LogP contribution in [0.4, 0.5) is 5.69 Å². The minimum Gasteiger partial charge on any atom is -0.438 e. The van der Waals surface area contributed by atoms with Crippen LogP contribution in [0.5, 0.6) is 0 Å². The van der Waals surface area contributed by atoms with Gasteiger partial charge < -0.3 is 9.73 Å². The van der Waals surface area contributed by atoms with Gasteiger partial charge in [-0.3, -0.25) is 0 Å². The number of para-hydroxylation sites is 2. The van der Waals surface area contributed by atoms with Gasteiger partial charge in [-0.2, -0.15) is 5.10 Å². The smallest absolute Gasteiger partial charge is 0.214 e. The molecule has 26 heavy (non-hydrogen) atoms. The Bertz CT molecular complexity index is 1010. The molecule has 2 aromatic heterocycles. The van der Waals surface area contributed by atoms with E-state index in [0.717, 1.165) is 28.4 Å². The van der Waals surface area contributed by atoms with E-state index in [-0.39, 0.29) is 0 Å². The second-order valence-electron chi connectivity index (χ2n) is 5.85. The molecule has 0 aliphatic carbocycles. The van der Waals surface area contributed by atoms with Crippen LogP contribution >= 0.6 is 11.6 Å². The van der Waals surface area contributed by atoms with Gasteiger partial charge in [0.1, 0.15) is 0 Å².